The molecule has 6 nitrogen and oxygen atoms in total. The summed E-state index contributed by atoms with van der Waals surface area (Å²) in [4.78, 5) is 16.9. The molecule has 3 rings (SSSR count). The third-order valence-corrected chi connectivity index (χ3v) is 6.83. The predicted octanol–water partition coefficient (Wildman–Crippen LogP) is 3.33. The summed E-state index contributed by atoms with van der Waals surface area (Å²) in [5.74, 6) is -0.186. The zero-order valence-corrected chi connectivity index (χ0v) is 19.2. The van der Waals surface area contributed by atoms with Gasteiger partial charge in [-0.2, -0.15) is 0 Å². The van der Waals surface area contributed by atoms with Gasteiger partial charge in [-0.15, -0.1) is 0 Å². The van der Waals surface area contributed by atoms with Crippen LogP contribution in [0.25, 0.3) is 0 Å². The molecule has 0 radical (unpaired) electrons. The molecule has 2 aromatic carbocycles. The van der Waals surface area contributed by atoms with Crippen molar-refractivity contribution < 1.29 is 13.2 Å². The van der Waals surface area contributed by atoms with Crippen molar-refractivity contribution in [3.05, 3.63) is 58.6 Å². The van der Waals surface area contributed by atoms with Crippen molar-refractivity contribution in [1.82, 2.24) is 4.90 Å². The lowest BCUT2D eigenvalue weighted by Gasteiger charge is -2.37. The summed E-state index contributed by atoms with van der Waals surface area (Å²) >= 11 is 6.14. The maximum absolute atomic E-state index is 13.0. The molecule has 1 aliphatic rings. The van der Waals surface area contributed by atoms with Crippen molar-refractivity contribution >= 4 is 38.9 Å². The Labute approximate surface area is 184 Å². The molecule has 162 valence electrons. The SMILES string of the molecule is CCc1ccccc1N(CC(=O)N1CCN(c2cc(Cl)ccc2C)CC1)S(C)(=O)=O. The van der Waals surface area contributed by atoms with Gasteiger partial charge in [0.1, 0.15) is 6.54 Å². The van der Waals surface area contributed by atoms with Crippen LogP contribution < -0.4 is 9.21 Å². The van der Waals surface area contributed by atoms with Crippen molar-refractivity contribution in [3.8, 4) is 0 Å². The first kappa shape index (κ1) is 22.4. The monoisotopic (exact) mass is 449 g/mol. The number of rotatable bonds is 6. The molecule has 1 amide bonds. The van der Waals surface area contributed by atoms with Gasteiger partial charge in [0.15, 0.2) is 0 Å². The van der Waals surface area contributed by atoms with E-state index in [9.17, 15) is 13.2 Å². The van der Waals surface area contributed by atoms with Crippen molar-refractivity contribution in [1.29, 1.82) is 0 Å². The van der Waals surface area contributed by atoms with Gasteiger partial charge in [-0.25, -0.2) is 8.42 Å². The molecule has 1 fully saturated rings. The van der Waals surface area contributed by atoms with E-state index < -0.39 is 10.0 Å². The molecule has 0 aliphatic carbocycles. The minimum atomic E-state index is -3.59. The second-order valence-corrected chi connectivity index (χ2v) is 9.89. The van der Waals surface area contributed by atoms with E-state index in [1.807, 2.05) is 44.2 Å². The van der Waals surface area contributed by atoms with Crippen molar-refractivity contribution in [2.75, 3.05) is 48.2 Å². The molecular weight excluding hydrogens is 422 g/mol. The molecule has 8 heteroatoms. The van der Waals surface area contributed by atoms with Crippen molar-refractivity contribution in [2.24, 2.45) is 0 Å². The highest BCUT2D eigenvalue weighted by Gasteiger charge is 2.28. The van der Waals surface area contributed by atoms with Crippen LogP contribution in [0.2, 0.25) is 5.02 Å². The number of sulfonamides is 1. The number of amides is 1. The molecule has 2 aromatic rings. The first-order valence-electron chi connectivity index (χ1n) is 10.0. The van der Waals surface area contributed by atoms with E-state index in [1.54, 1.807) is 17.0 Å². The van der Waals surface area contributed by atoms with Gasteiger partial charge in [-0.3, -0.25) is 9.10 Å². The second-order valence-electron chi connectivity index (χ2n) is 7.55. The number of piperazine rings is 1. The van der Waals surface area contributed by atoms with Gasteiger partial charge in [0, 0.05) is 36.9 Å². The highest BCUT2D eigenvalue weighted by Crippen LogP contribution is 2.26. The van der Waals surface area contributed by atoms with Crippen LogP contribution in [-0.2, 0) is 21.2 Å². The molecule has 1 saturated heterocycles. The van der Waals surface area contributed by atoms with E-state index in [2.05, 4.69) is 4.90 Å². The first-order chi connectivity index (χ1) is 14.2. The molecule has 0 spiro atoms. The van der Waals surface area contributed by atoms with E-state index in [0.29, 0.717) is 43.3 Å². The Morgan fingerprint density at radius 1 is 1.10 bits per heavy atom. The van der Waals surface area contributed by atoms with Gasteiger partial charge in [-0.05, 0) is 42.7 Å². The average molecular weight is 450 g/mol. The fourth-order valence-corrected chi connectivity index (χ4v) is 4.82. The van der Waals surface area contributed by atoms with Crippen molar-refractivity contribution in [2.45, 2.75) is 20.3 Å². The van der Waals surface area contributed by atoms with E-state index in [0.717, 1.165) is 23.1 Å². The normalized spacial score (nSPS) is 14.7. The molecular formula is C22H28ClN3O3S. The molecule has 0 N–H and O–H groups in total. The Balaban J connectivity index is 1.71. The fraction of sp³-hybridized carbons (Fsp3) is 0.409. The minimum Gasteiger partial charge on any atom is -0.368 e. The summed E-state index contributed by atoms with van der Waals surface area (Å²) < 4.78 is 26.1. The predicted molar refractivity (Wildman–Crippen MR) is 123 cm³/mol. The number of nitrogens with zero attached hydrogens (tertiary/aromatic N) is 3. The number of anilines is 2. The molecule has 0 aromatic heterocycles. The maximum Gasteiger partial charge on any atom is 0.243 e. The van der Waals surface area contributed by atoms with Gasteiger partial charge >= 0.3 is 0 Å². The molecule has 0 unspecified atom stereocenters. The van der Waals surface area contributed by atoms with E-state index in [4.69, 9.17) is 11.6 Å². The summed E-state index contributed by atoms with van der Waals surface area (Å²) in [6.07, 6.45) is 1.83. The zero-order valence-electron chi connectivity index (χ0n) is 17.6. The maximum atomic E-state index is 13.0. The number of carbonyl (C=O) groups is 1. The highest BCUT2D eigenvalue weighted by molar-refractivity contribution is 7.92. The number of carbonyl (C=O) groups excluding carboxylic acids is 1. The number of aryl methyl sites for hydroxylation is 2. The summed E-state index contributed by atoms with van der Waals surface area (Å²) in [6.45, 7) is 6.26. The molecule has 1 heterocycles. The van der Waals surface area contributed by atoms with Crippen LogP contribution in [-0.4, -0.2) is 58.2 Å². The summed E-state index contributed by atoms with van der Waals surface area (Å²) in [5, 5.41) is 0.687. The fourth-order valence-electron chi connectivity index (χ4n) is 3.78. The smallest absolute Gasteiger partial charge is 0.243 e. The standard InChI is InChI=1S/C22H28ClN3O3S/c1-4-18-7-5-6-8-20(18)26(30(3,28)29)16-22(27)25-13-11-24(12-14-25)21-15-19(23)10-9-17(21)2/h5-10,15H,4,11-14,16H2,1-3H3. The largest absolute Gasteiger partial charge is 0.368 e. The average Bonchev–Trinajstić information content (AvgIpc) is 2.73. The van der Waals surface area contributed by atoms with E-state index in [-0.39, 0.29) is 12.5 Å². The van der Waals surface area contributed by atoms with Crippen molar-refractivity contribution in [3.63, 3.8) is 0 Å². The lowest BCUT2D eigenvalue weighted by Crippen LogP contribution is -2.52. The van der Waals surface area contributed by atoms with Gasteiger partial charge < -0.3 is 9.80 Å². The number of halogens is 1. The third kappa shape index (κ3) is 5.08. The van der Waals surface area contributed by atoms with Crippen LogP contribution in [0.4, 0.5) is 11.4 Å². The van der Waals surface area contributed by atoms with Gasteiger partial charge in [0.2, 0.25) is 15.9 Å². The Kier molecular flexibility index (Phi) is 6.93. The topological polar surface area (TPSA) is 60.9 Å². The van der Waals surface area contributed by atoms with Crippen LogP contribution in [0.1, 0.15) is 18.1 Å². The number of benzene rings is 2. The molecule has 0 bridgehead atoms. The zero-order chi connectivity index (χ0) is 21.9. The summed E-state index contributed by atoms with van der Waals surface area (Å²) in [7, 11) is -3.59. The highest BCUT2D eigenvalue weighted by atomic mass is 35.5. The molecule has 1 aliphatic heterocycles. The Hall–Kier alpha value is -2.25. The van der Waals surface area contributed by atoms with Crippen LogP contribution in [0.3, 0.4) is 0 Å². The molecule has 0 atom stereocenters. The number of para-hydroxylation sites is 1. The molecule has 30 heavy (non-hydrogen) atoms. The van der Waals surface area contributed by atoms with Gasteiger partial charge in [0.05, 0.1) is 11.9 Å². The number of hydrogen-bond donors (Lipinski definition) is 0. The first-order valence-corrected chi connectivity index (χ1v) is 12.3. The lowest BCUT2D eigenvalue weighted by molar-refractivity contribution is -0.129. The molecule has 0 saturated carbocycles. The number of hydrogen-bond acceptors (Lipinski definition) is 4. The Morgan fingerprint density at radius 2 is 1.77 bits per heavy atom. The van der Waals surface area contributed by atoms with Crippen LogP contribution in [0.5, 0.6) is 0 Å². The second kappa shape index (κ2) is 9.27. The van der Waals surface area contributed by atoms with Gasteiger partial charge in [0.25, 0.3) is 0 Å². The lowest BCUT2D eigenvalue weighted by atomic mass is 10.1. The summed E-state index contributed by atoms with van der Waals surface area (Å²) in [6, 6.07) is 13.1. The Morgan fingerprint density at radius 3 is 2.40 bits per heavy atom. The Bertz CT molecular complexity index is 1020. The van der Waals surface area contributed by atoms with E-state index >= 15 is 0 Å². The minimum absolute atomic E-state index is 0.186. The quantitative estimate of drug-likeness (QED) is 0.678. The summed E-state index contributed by atoms with van der Waals surface area (Å²) in [5.41, 5.74) is 3.68. The van der Waals surface area contributed by atoms with E-state index in [1.165, 1.54) is 4.31 Å². The van der Waals surface area contributed by atoms with Gasteiger partial charge in [-0.1, -0.05) is 42.8 Å². The van der Waals surface area contributed by atoms with Crippen LogP contribution >= 0.6 is 11.6 Å². The third-order valence-electron chi connectivity index (χ3n) is 5.46. The van der Waals surface area contributed by atoms with Crippen LogP contribution in [0, 0.1) is 6.92 Å². The van der Waals surface area contributed by atoms with Crippen LogP contribution in [0.15, 0.2) is 42.5 Å².